The fraction of sp³-hybridized carbons (Fsp3) is 0.111. The van der Waals surface area contributed by atoms with Crippen LogP contribution in [-0.2, 0) is 0 Å². The lowest BCUT2D eigenvalue weighted by Crippen LogP contribution is -2.19. The normalized spacial score (nSPS) is 12.5. The van der Waals surface area contributed by atoms with Gasteiger partial charge in [-0.2, -0.15) is 0 Å². The summed E-state index contributed by atoms with van der Waals surface area (Å²) in [6.45, 7) is 0. The Labute approximate surface area is 128 Å². The van der Waals surface area contributed by atoms with Gasteiger partial charge < -0.3 is 5.32 Å². The first kappa shape index (κ1) is 14.1. The van der Waals surface area contributed by atoms with Crippen molar-refractivity contribution >= 4 is 22.4 Å². The number of fused-ring (bicyclic) bond motifs is 1. The van der Waals surface area contributed by atoms with Crippen molar-refractivity contribution < 1.29 is 4.39 Å². The van der Waals surface area contributed by atoms with Crippen LogP contribution in [0.3, 0.4) is 0 Å². The Kier molecular flexibility index (Phi) is 3.91. The molecule has 0 fully saturated rings. The van der Waals surface area contributed by atoms with Gasteiger partial charge in [-0.15, -0.1) is 0 Å². The molecular formula is C18H15ClFN. The molecule has 106 valence electrons. The van der Waals surface area contributed by atoms with Crippen LogP contribution in [0.4, 0.5) is 4.39 Å². The second-order valence-corrected chi connectivity index (χ2v) is 5.39. The minimum Gasteiger partial charge on any atom is -0.309 e. The van der Waals surface area contributed by atoms with Crippen molar-refractivity contribution in [2.24, 2.45) is 0 Å². The zero-order chi connectivity index (χ0) is 14.8. The molecule has 0 bridgehead atoms. The summed E-state index contributed by atoms with van der Waals surface area (Å²) in [5.74, 6) is -0.296. The first-order chi connectivity index (χ1) is 10.2. The van der Waals surface area contributed by atoms with E-state index in [0.29, 0.717) is 10.6 Å². The third-order valence-electron chi connectivity index (χ3n) is 3.70. The van der Waals surface area contributed by atoms with Gasteiger partial charge in [-0.05, 0) is 35.5 Å². The zero-order valence-corrected chi connectivity index (χ0v) is 12.4. The van der Waals surface area contributed by atoms with Crippen LogP contribution in [0, 0.1) is 5.82 Å². The van der Waals surface area contributed by atoms with Crippen molar-refractivity contribution in [1.82, 2.24) is 5.32 Å². The molecule has 0 aliphatic heterocycles. The highest BCUT2D eigenvalue weighted by atomic mass is 35.5. The van der Waals surface area contributed by atoms with E-state index in [0.717, 1.165) is 16.3 Å². The van der Waals surface area contributed by atoms with E-state index >= 15 is 0 Å². The SMILES string of the molecule is CNC(c1ccc(Cl)cc1F)c1cccc2ccccc12. The first-order valence-electron chi connectivity index (χ1n) is 6.80. The van der Waals surface area contributed by atoms with Crippen molar-refractivity contribution in [2.45, 2.75) is 6.04 Å². The monoisotopic (exact) mass is 299 g/mol. The van der Waals surface area contributed by atoms with Crippen molar-refractivity contribution in [2.75, 3.05) is 7.05 Å². The Morgan fingerprint density at radius 3 is 2.48 bits per heavy atom. The third kappa shape index (κ3) is 2.65. The molecule has 0 saturated heterocycles. The summed E-state index contributed by atoms with van der Waals surface area (Å²) in [5.41, 5.74) is 1.65. The maximum Gasteiger partial charge on any atom is 0.129 e. The summed E-state index contributed by atoms with van der Waals surface area (Å²) in [4.78, 5) is 0. The second kappa shape index (κ2) is 5.84. The van der Waals surface area contributed by atoms with Crippen LogP contribution in [0.25, 0.3) is 10.8 Å². The van der Waals surface area contributed by atoms with Crippen molar-refractivity contribution in [3.8, 4) is 0 Å². The second-order valence-electron chi connectivity index (χ2n) is 4.96. The predicted molar refractivity (Wildman–Crippen MR) is 86.3 cm³/mol. The Hall–Kier alpha value is -1.90. The molecule has 1 unspecified atom stereocenters. The minimum atomic E-state index is -0.296. The van der Waals surface area contributed by atoms with E-state index in [1.807, 2.05) is 31.3 Å². The maximum atomic E-state index is 14.2. The van der Waals surface area contributed by atoms with Gasteiger partial charge in [0, 0.05) is 10.6 Å². The van der Waals surface area contributed by atoms with Gasteiger partial charge in [0.15, 0.2) is 0 Å². The molecule has 0 aliphatic carbocycles. The third-order valence-corrected chi connectivity index (χ3v) is 3.93. The standard InChI is InChI=1S/C18H15ClFN/c1-21-18(16-10-9-13(19)11-17(16)20)15-8-4-6-12-5-2-3-7-14(12)15/h2-11,18,21H,1H3. The van der Waals surface area contributed by atoms with Crippen LogP contribution in [0.2, 0.25) is 5.02 Å². The molecule has 3 rings (SSSR count). The van der Waals surface area contributed by atoms with Gasteiger partial charge in [-0.1, -0.05) is 60.1 Å². The van der Waals surface area contributed by atoms with E-state index in [1.165, 1.54) is 6.07 Å². The summed E-state index contributed by atoms with van der Waals surface area (Å²) in [6.07, 6.45) is 0. The molecule has 1 atom stereocenters. The first-order valence-corrected chi connectivity index (χ1v) is 7.18. The average molecular weight is 300 g/mol. The molecule has 0 radical (unpaired) electrons. The Bertz CT molecular complexity index is 780. The molecule has 0 saturated carbocycles. The Balaban J connectivity index is 2.18. The largest absolute Gasteiger partial charge is 0.309 e. The zero-order valence-electron chi connectivity index (χ0n) is 11.6. The van der Waals surface area contributed by atoms with Crippen LogP contribution in [0.15, 0.2) is 60.7 Å². The number of nitrogens with one attached hydrogen (secondary N) is 1. The number of rotatable bonds is 3. The van der Waals surface area contributed by atoms with Crippen molar-refractivity contribution in [3.63, 3.8) is 0 Å². The van der Waals surface area contributed by atoms with Gasteiger partial charge in [0.2, 0.25) is 0 Å². The van der Waals surface area contributed by atoms with Gasteiger partial charge in [0.25, 0.3) is 0 Å². The van der Waals surface area contributed by atoms with Crippen LogP contribution >= 0.6 is 11.6 Å². The molecule has 0 spiro atoms. The molecular weight excluding hydrogens is 285 g/mol. The summed E-state index contributed by atoms with van der Waals surface area (Å²) in [7, 11) is 1.83. The predicted octanol–water partition coefficient (Wildman–Crippen LogP) is 4.94. The topological polar surface area (TPSA) is 12.0 Å². The summed E-state index contributed by atoms with van der Waals surface area (Å²) in [6, 6.07) is 18.8. The maximum absolute atomic E-state index is 14.2. The number of benzene rings is 3. The quantitative estimate of drug-likeness (QED) is 0.722. The fourth-order valence-corrected chi connectivity index (χ4v) is 2.88. The van der Waals surface area contributed by atoms with E-state index in [-0.39, 0.29) is 11.9 Å². The van der Waals surface area contributed by atoms with Crippen LogP contribution in [0.1, 0.15) is 17.2 Å². The molecule has 3 aromatic carbocycles. The summed E-state index contributed by atoms with van der Waals surface area (Å²) >= 11 is 5.85. The van der Waals surface area contributed by atoms with E-state index < -0.39 is 0 Å². The van der Waals surface area contributed by atoms with Gasteiger partial charge in [0.1, 0.15) is 5.82 Å². The molecule has 3 aromatic rings. The van der Waals surface area contributed by atoms with Gasteiger partial charge in [-0.25, -0.2) is 4.39 Å². The van der Waals surface area contributed by atoms with Crippen LogP contribution in [-0.4, -0.2) is 7.05 Å². The highest BCUT2D eigenvalue weighted by Crippen LogP contribution is 2.31. The lowest BCUT2D eigenvalue weighted by molar-refractivity contribution is 0.577. The molecule has 3 heteroatoms. The van der Waals surface area contributed by atoms with Gasteiger partial charge in [-0.3, -0.25) is 0 Å². The Morgan fingerprint density at radius 2 is 1.71 bits per heavy atom. The van der Waals surface area contributed by atoms with Crippen LogP contribution < -0.4 is 5.32 Å². The van der Waals surface area contributed by atoms with E-state index in [9.17, 15) is 4.39 Å². The van der Waals surface area contributed by atoms with E-state index in [4.69, 9.17) is 11.6 Å². The van der Waals surface area contributed by atoms with Crippen molar-refractivity contribution in [1.29, 1.82) is 0 Å². The average Bonchev–Trinajstić information content (AvgIpc) is 2.50. The van der Waals surface area contributed by atoms with E-state index in [1.54, 1.807) is 12.1 Å². The fourth-order valence-electron chi connectivity index (χ4n) is 2.72. The van der Waals surface area contributed by atoms with Gasteiger partial charge in [0.05, 0.1) is 6.04 Å². The smallest absolute Gasteiger partial charge is 0.129 e. The summed E-state index contributed by atoms with van der Waals surface area (Å²) in [5, 5.41) is 5.87. The molecule has 0 amide bonds. The lowest BCUT2D eigenvalue weighted by atomic mass is 9.93. The summed E-state index contributed by atoms with van der Waals surface area (Å²) < 4.78 is 14.2. The Morgan fingerprint density at radius 1 is 0.952 bits per heavy atom. The molecule has 1 N–H and O–H groups in total. The van der Waals surface area contributed by atoms with Crippen LogP contribution in [0.5, 0.6) is 0 Å². The number of hydrogen-bond donors (Lipinski definition) is 1. The van der Waals surface area contributed by atoms with Gasteiger partial charge >= 0.3 is 0 Å². The van der Waals surface area contributed by atoms with Crippen molar-refractivity contribution in [3.05, 3.63) is 82.6 Å². The molecule has 0 heterocycles. The minimum absolute atomic E-state index is 0.214. The molecule has 1 nitrogen and oxygen atoms in total. The molecule has 0 aromatic heterocycles. The lowest BCUT2D eigenvalue weighted by Gasteiger charge is -2.20. The molecule has 0 aliphatic rings. The number of hydrogen-bond acceptors (Lipinski definition) is 1. The van der Waals surface area contributed by atoms with E-state index in [2.05, 4.69) is 23.5 Å². The highest BCUT2D eigenvalue weighted by molar-refractivity contribution is 6.30. The molecule has 21 heavy (non-hydrogen) atoms. The number of halogens is 2. The highest BCUT2D eigenvalue weighted by Gasteiger charge is 2.18.